The molecule has 18 heavy (non-hydrogen) atoms. The minimum Gasteiger partial charge on any atom is -0.398 e. The highest BCUT2D eigenvalue weighted by Gasteiger charge is 2.20. The smallest absolute Gasteiger partial charge is 0.253 e. The molecule has 0 aliphatic carbocycles. The number of hydrogen-bond donors (Lipinski definition) is 3. The van der Waals surface area contributed by atoms with E-state index < -0.39 is 0 Å². The SMILES string of the molecule is Cc1ccc(C(=O)NC2CCC(=O)NC2)c(N)c1. The maximum Gasteiger partial charge on any atom is 0.253 e. The Hall–Kier alpha value is -2.04. The third kappa shape index (κ3) is 2.80. The summed E-state index contributed by atoms with van der Waals surface area (Å²) in [7, 11) is 0. The molecule has 1 aromatic rings. The van der Waals surface area contributed by atoms with Crippen LogP contribution in [0.5, 0.6) is 0 Å². The molecule has 1 aromatic carbocycles. The van der Waals surface area contributed by atoms with Gasteiger partial charge in [-0.3, -0.25) is 9.59 Å². The molecule has 0 bridgehead atoms. The molecule has 1 heterocycles. The first kappa shape index (κ1) is 12.4. The Kier molecular flexibility index (Phi) is 3.50. The van der Waals surface area contributed by atoms with E-state index in [-0.39, 0.29) is 17.9 Å². The van der Waals surface area contributed by atoms with Crippen molar-refractivity contribution in [2.45, 2.75) is 25.8 Å². The van der Waals surface area contributed by atoms with E-state index in [0.29, 0.717) is 30.6 Å². The van der Waals surface area contributed by atoms with Crippen LogP contribution in [0, 0.1) is 6.92 Å². The second-order valence-electron chi connectivity index (χ2n) is 4.60. The van der Waals surface area contributed by atoms with Crippen LogP contribution >= 0.6 is 0 Å². The summed E-state index contributed by atoms with van der Waals surface area (Å²) in [5.74, 6) is -0.149. The molecule has 2 rings (SSSR count). The number of anilines is 1. The van der Waals surface area contributed by atoms with Crippen LogP contribution in [0.4, 0.5) is 5.69 Å². The minimum atomic E-state index is -0.186. The Morgan fingerprint density at radius 1 is 1.50 bits per heavy atom. The minimum absolute atomic E-state index is 0.0177. The van der Waals surface area contributed by atoms with Gasteiger partial charge in [0.1, 0.15) is 0 Å². The summed E-state index contributed by atoms with van der Waals surface area (Å²) >= 11 is 0. The van der Waals surface area contributed by atoms with Gasteiger partial charge in [0.05, 0.1) is 5.56 Å². The molecular weight excluding hydrogens is 230 g/mol. The van der Waals surface area contributed by atoms with E-state index in [9.17, 15) is 9.59 Å². The van der Waals surface area contributed by atoms with Crippen molar-refractivity contribution in [3.8, 4) is 0 Å². The molecule has 1 aliphatic rings. The summed E-state index contributed by atoms with van der Waals surface area (Å²) in [5, 5.41) is 5.61. The van der Waals surface area contributed by atoms with Crippen molar-refractivity contribution in [2.24, 2.45) is 0 Å². The number of nitrogen functional groups attached to an aromatic ring is 1. The number of benzene rings is 1. The van der Waals surface area contributed by atoms with Crippen LogP contribution in [0.1, 0.15) is 28.8 Å². The van der Waals surface area contributed by atoms with Gasteiger partial charge in [-0.2, -0.15) is 0 Å². The van der Waals surface area contributed by atoms with Gasteiger partial charge in [-0.1, -0.05) is 6.07 Å². The van der Waals surface area contributed by atoms with E-state index in [0.717, 1.165) is 5.56 Å². The predicted molar refractivity (Wildman–Crippen MR) is 69.1 cm³/mol. The van der Waals surface area contributed by atoms with Crippen LogP contribution < -0.4 is 16.4 Å². The number of carbonyl (C=O) groups is 2. The molecule has 1 saturated heterocycles. The van der Waals surface area contributed by atoms with Gasteiger partial charge in [0.25, 0.3) is 5.91 Å². The molecule has 0 saturated carbocycles. The molecule has 1 aliphatic heterocycles. The molecular formula is C13H17N3O2. The number of hydrogen-bond acceptors (Lipinski definition) is 3. The van der Waals surface area contributed by atoms with Crippen LogP contribution in [-0.4, -0.2) is 24.4 Å². The van der Waals surface area contributed by atoms with Crippen molar-refractivity contribution in [2.75, 3.05) is 12.3 Å². The summed E-state index contributed by atoms with van der Waals surface area (Å²) in [4.78, 5) is 23.0. The van der Waals surface area contributed by atoms with Crippen molar-refractivity contribution in [1.29, 1.82) is 0 Å². The van der Waals surface area contributed by atoms with Gasteiger partial charge >= 0.3 is 0 Å². The predicted octanol–water partition coefficient (Wildman–Crippen LogP) is 0.586. The third-order valence-corrected chi connectivity index (χ3v) is 3.05. The van der Waals surface area contributed by atoms with Gasteiger partial charge in [-0.05, 0) is 31.0 Å². The van der Waals surface area contributed by atoms with Crippen LogP contribution in [-0.2, 0) is 4.79 Å². The summed E-state index contributed by atoms with van der Waals surface area (Å²) < 4.78 is 0. The zero-order valence-corrected chi connectivity index (χ0v) is 10.3. The largest absolute Gasteiger partial charge is 0.398 e. The van der Waals surface area contributed by atoms with Crippen molar-refractivity contribution in [3.05, 3.63) is 29.3 Å². The number of amides is 2. The molecule has 0 aromatic heterocycles. The van der Waals surface area contributed by atoms with Crippen LogP contribution in [0.15, 0.2) is 18.2 Å². The van der Waals surface area contributed by atoms with Crippen LogP contribution in [0.25, 0.3) is 0 Å². The third-order valence-electron chi connectivity index (χ3n) is 3.05. The molecule has 0 radical (unpaired) electrons. The Labute approximate surface area is 106 Å². The molecule has 5 nitrogen and oxygen atoms in total. The van der Waals surface area contributed by atoms with Gasteiger partial charge in [-0.15, -0.1) is 0 Å². The molecule has 1 unspecified atom stereocenters. The highest BCUT2D eigenvalue weighted by atomic mass is 16.2. The Morgan fingerprint density at radius 3 is 2.89 bits per heavy atom. The molecule has 1 atom stereocenters. The van der Waals surface area contributed by atoms with Crippen LogP contribution in [0.3, 0.4) is 0 Å². The fourth-order valence-electron chi connectivity index (χ4n) is 2.01. The highest BCUT2D eigenvalue weighted by molar-refractivity contribution is 5.99. The Morgan fingerprint density at radius 2 is 2.28 bits per heavy atom. The lowest BCUT2D eigenvalue weighted by atomic mass is 10.1. The summed E-state index contributed by atoms with van der Waals surface area (Å²) in [5.41, 5.74) is 7.80. The first-order valence-electron chi connectivity index (χ1n) is 6.00. The van der Waals surface area contributed by atoms with E-state index in [1.165, 1.54) is 0 Å². The molecule has 1 fully saturated rings. The van der Waals surface area contributed by atoms with Gasteiger partial charge in [0.2, 0.25) is 5.91 Å². The van der Waals surface area contributed by atoms with Gasteiger partial charge in [-0.25, -0.2) is 0 Å². The van der Waals surface area contributed by atoms with Gasteiger partial charge < -0.3 is 16.4 Å². The van der Waals surface area contributed by atoms with E-state index in [2.05, 4.69) is 10.6 Å². The summed E-state index contributed by atoms with van der Waals surface area (Å²) in [6, 6.07) is 5.34. The van der Waals surface area contributed by atoms with E-state index in [1.807, 2.05) is 13.0 Å². The van der Waals surface area contributed by atoms with E-state index in [1.54, 1.807) is 12.1 Å². The zero-order valence-electron chi connectivity index (χ0n) is 10.3. The molecule has 0 spiro atoms. The lowest BCUT2D eigenvalue weighted by Crippen LogP contribution is -2.47. The first-order valence-corrected chi connectivity index (χ1v) is 6.00. The highest BCUT2D eigenvalue weighted by Crippen LogP contribution is 2.14. The standard InChI is InChI=1S/C13H17N3O2/c1-8-2-4-10(11(14)6-8)13(18)16-9-3-5-12(17)15-7-9/h2,4,6,9H,3,5,7,14H2,1H3,(H,15,17)(H,16,18). The number of piperidine rings is 1. The monoisotopic (exact) mass is 247 g/mol. The van der Waals surface area contributed by atoms with Crippen molar-refractivity contribution >= 4 is 17.5 Å². The number of carbonyl (C=O) groups excluding carboxylic acids is 2. The normalized spacial score (nSPS) is 19.2. The van der Waals surface area contributed by atoms with Crippen molar-refractivity contribution < 1.29 is 9.59 Å². The quantitative estimate of drug-likeness (QED) is 0.669. The maximum absolute atomic E-state index is 12.0. The Bertz CT molecular complexity index is 475. The van der Waals surface area contributed by atoms with Crippen molar-refractivity contribution in [3.63, 3.8) is 0 Å². The summed E-state index contributed by atoms with van der Waals surface area (Å²) in [6.07, 6.45) is 1.12. The second-order valence-corrected chi connectivity index (χ2v) is 4.60. The van der Waals surface area contributed by atoms with E-state index >= 15 is 0 Å². The number of rotatable bonds is 2. The Balaban J connectivity index is 2.01. The van der Waals surface area contributed by atoms with Crippen LogP contribution in [0.2, 0.25) is 0 Å². The lowest BCUT2D eigenvalue weighted by Gasteiger charge is -2.23. The lowest BCUT2D eigenvalue weighted by molar-refractivity contribution is -0.122. The van der Waals surface area contributed by atoms with Crippen molar-refractivity contribution in [1.82, 2.24) is 10.6 Å². The van der Waals surface area contributed by atoms with Gasteiger partial charge in [0, 0.05) is 24.7 Å². The molecule has 4 N–H and O–H groups in total. The topological polar surface area (TPSA) is 84.2 Å². The fraction of sp³-hybridized carbons (Fsp3) is 0.385. The fourth-order valence-corrected chi connectivity index (χ4v) is 2.01. The average molecular weight is 247 g/mol. The summed E-state index contributed by atoms with van der Waals surface area (Å²) in [6.45, 7) is 2.41. The van der Waals surface area contributed by atoms with E-state index in [4.69, 9.17) is 5.73 Å². The molecule has 5 heteroatoms. The first-order chi connectivity index (χ1) is 8.56. The maximum atomic E-state index is 12.0. The molecule has 2 amide bonds. The number of nitrogens with two attached hydrogens (primary N) is 1. The van der Waals surface area contributed by atoms with Gasteiger partial charge in [0.15, 0.2) is 0 Å². The molecule has 96 valence electrons. The number of nitrogens with one attached hydrogen (secondary N) is 2. The average Bonchev–Trinajstić information content (AvgIpc) is 2.32. The second kappa shape index (κ2) is 5.08. The number of aryl methyl sites for hydroxylation is 1. The zero-order chi connectivity index (χ0) is 13.1.